The third-order valence-corrected chi connectivity index (χ3v) is 3.80. The van der Waals surface area contributed by atoms with Crippen molar-refractivity contribution in [3.63, 3.8) is 0 Å². The van der Waals surface area contributed by atoms with Crippen LogP contribution in [0.2, 0.25) is 5.15 Å². The number of amides is 1. The number of hydrogen-bond acceptors (Lipinski definition) is 4. The van der Waals surface area contributed by atoms with Crippen LogP contribution in [0.4, 0.5) is 0 Å². The normalized spacial score (nSPS) is 17.1. The van der Waals surface area contributed by atoms with Crippen LogP contribution >= 0.6 is 11.6 Å². The molecule has 0 bridgehead atoms. The van der Waals surface area contributed by atoms with Crippen molar-refractivity contribution in [1.29, 1.82) is 0 Å². The van der Waals surface area contributed by atoms with Crippen LogP contribution in [0.3, 0.4) is 0 Å². The Balaban J connectivity index is 1.77. The lowest BCUT2D eigenvalue weighted by atomic mass is 10.0. The van der Waals surface area contributed by atoms with Gasteiger partial charge in [-0.05, 0) is 25.8 Å². The zero-order valence-electron chi connectivity index (χ0n) is 11.8. The molecule has 1 aliphatic heterocycles. The van der Waals surface area contributed by atoms with Crippen LogP contribution in [0.1, 0.15) is 43.1 Å². The quantitative estimate of drug-likeness (QED) is 0.904. The highest BCUT2D eigenvalue weighted by Gasteiger charge is 2.21. The number of halogens is 1. The molecule has 1 N–H and O–H groups in total. The first-order valence-corrected chi connectivity index (χ1v) is 7.57. The Bertz CT molecular complexity index is 429. The fourth-order valence-corrected chi connectivity index (χ4v) is 2.47. The molecule has 6 heteroatoms. The standard InChI is InChI=1S/C14H21ClN4O/c1-2-3-6-19-7-4-11(5-8-19)18-14(20)12-9-17-13(15)10-16-12/h9-11H,2-8H2,1H3,(H,18,20). The molecule has 1 saturated heterocycles. The monoisotopic (exact) mass is 296 g/mol. The van der Waals surface area contributed by atoms with E-state index in [1.54, 1.807) is 0 Å². The van der Waals surface area contributed by atoms with Crippen molar-refractivity contribution in [3.8, 4) is 0 Å². The molecule has 1 aliphatic rings. The number of nitrogens with zero attached hydrogens (tertiary/aromatic N) is 3. The Hall–Kier alpha value is -1.20. The Kier molecular flexibility index (Phi) is 5.73. The second-order valence-corrected chi connectivity index (χ2v) is 5.55. The van der Waals surface area contributed by atoms with E-state index in [-0.39, 0.29) is 11.9 Å². The fourth-order valence-electron chi connectivity index (χ4n) is 2.37. The molecule has 0 saturated carbocycles. The Morgan fingerprint density at radius 3 is 2.75 bits per heavy atom. The van der Waals surface area contributed by atoms with Crippen LogP contribution in [-0.4, -0.2) is 46.5 Å². The highest BCUT2D eigenvalue weighted by molar-refractivity contribution is 6.29. The largest absolute Gasteiger partial charge is 0.348 e. The molecule has 0 aliphatic carbocycles. The molecule has 1 aromatic rings. The van der Waals surface area contributed by atoms with Gasteiger partial charge in [0.2, 0.25) is 0 Å². The summed E-state index contributed by atoms with van der Waals surface area (Å²) in [6, 6.07) is 0.234. The summed E-state index contributed by atoms with van der Waals surface area (Å²) in [7, 11) is 0. The van der Waals surface area contributed by atoms with Gasteiger partial charge in [0.25, 0.3) is 5.91 Å². The van der Waals surface area contributed by atoms with Crippen LogP contribution in [0.5, 0.6) is 0 Å². The number of carbonyl (C=O) groups excluding carboxylic acids is 1. The van der Waals surface area contributed by atoms with Gasteiger partial charge >= 0.3 is 0 Å². The van der Waals surface area contributed by atoms with E-state index in [9.17, 15) is 4.79 Å². The SMILES string of the molecule is CCCCN1CCC(NC(=O)c2cnc(Cl)cn2)CC1. The zero-order chi connectivity index (χ0) is 14.4. The van der Waals surface area contributed by atoms with Crippen molar-refractivity contribution in [1.82, 2.24) is 20.2 Å². The van der Waals surface area contributed by atoms with Gasteiger partial charge in [-0.25, -0.2) is 9.97 Å². The van der Waals surface area contributed by atoms with Crippen LogP contribution in [0.25, 0.3) is 0 Å². The van der Waals surface area contributed by atoms with Crippen LogP contribution in [0, 0.1) is 0 Å². The highest BCUT2D eigenvalue weighted by Crippen LogP contribution is 2.12. The Morgan fingerprint density at radius 1 is 1.40 bits per heavy atom. The maximum Gasteiger partial charge on any atom is 0.271 e. The molecule has 1 fully saturated rings. The summed E-state index contributed by atoms with van der Waals surface area (Å²) >= 11 is 5.66. The first-order valence-electron chi connectivity index (χ1n) is 7.20. The van der Waals surface area contributed by atoms with Crippen molar-refractivity contribution in [2.45, 2.75) is 38.6 Å². The lowest BCUT2D eigenvalue weighted by molar-refractivity contribution is 0.0905. The number of nitrogens with one attached hydrogen (secondary N) is 1. The third-order valence-electron chi connectivity index (χ3n) is 3.60. The van der Waals surface area contributed by atoms with Gasteiger partial charge in [0.1, 0.15) is 10.8 Å². The summed E-state index contributed by atoms with van der Waals surface area (Å²) in [5.41, 5.74) is 0.322. The van der Waals surface area contributed by atoms with E-state index in [2.05, 4.69) is 27.1 Å². The smallest absolute Gasteiger partial charge is 0.271 e. The van der Waals surface area contributed by atoms with Crippen LogP contribution in [0.15, 0.2) is 12.4 Å². The minimum absolute atomic E-state index is 0.166. The summed E-state index contributed by atoms with van der Waals surface area (Å²) in [5, 5.41) is 3.32. The number of unbranched alkanes of at least 4 members (excludes halogenated alkanes) is 1. The van der Waals surface area contributed by atoms with Gasteiger partial charge in [-0.15, -0.1) is 0 Å². The van der Waals surface area contributed by atoms with Crippen LogP contribution in [-0.2, 0) is 0 Å². The minimum atomic E-state index is -0.166. The number of rotatable bonds is 5. The molecule has 1 amide bonds. The topological polar surface area (TPSA) is 58.1 Å². The van der Waals surface area contributed by atoms with E-state index in [0.29, 0.717) is 10.8 Å². The summed E-state index contributed by atoms with van der Waals surface area (Å²) in [5.74, 6) is -0.166. The first-order chi connectivity index (χ1) is 9.69. The molecule has 20 heavy (non-hydrogen) atoms. The number of carbonyl (C=O) groups is 1. The number of hydrogen-bond donors (Lipinski definition) is 1. The van der Waals surface area contributed by atoms with E-state index < -0.39 is 0 Å². The van der Waals surface area contributed by atoms with Gasteiger partial charge in [-0.2, -0.15) is 0 Å². The molecular weight excluding hydrogens is 276 g/mol. The Labute approximate surface area is 124 Å². The van der Waals surface area contributed by atoms with Gasteiger partial charge in [0, 0.05) is 19.1 Å². The summed E-state index contributed by atoms with van der Waals surface area (Å²) in [6.45, 7) is 5.48. The molecule has 0 unspecified atom stereocenters. The van der Waals surface area contributed by atoms with Crippen LogP contribution < -0.4 is 5.32 Å². The van der Waals surface area contributed by atoms with Crippen molar-refractivity contribution in [3.05, 3.63) is 23.2 Å². The number of likely N-dealkylation sites (tertiary alicyclic amines) is 1. The van der Waals surface area contributed by atoms with Gasteiger partial charge in [-0.3, -0.25) is 4.79 Å². The maximum absolute atomic E-state index is 12.0. The zero-order valence-corrected chi connectivity index (χ0v) is 12.6. The third kappa shape index (κ3) is 4.42. The van der Waals surface area contributed by atoms with Gasteiger partial charge in [0.15, 0.2) is 0 Å². The summed E-state index contributed by atoms with van der Waals surface area (Å²) in [4.78, 5) is 22.3. The molecule has 110 valence electrons. The van der Waals surface area contributed by atoms with E-state index in [1.165, 1.54) is 31.8 Å². The highest BCUT2D eigenvalue weighted by atomic mass is 35.5. The molecule has 2 rings (SSSR count). The van der Waals surface area contributed by atoms with Crippen molar-refractivity contribution in [2.75, 3.05) is 19.6 Å². The van der Waals surface area contributed by atoms with E-state index >= 15 is 0 Å². The molecule has 0 aromatic carbocycles. The van der Waals surface area contributed by atoms with Gasteiger partial charge in [-0.1, -0.05) is 24.9 Å². The molecule has 2 heterocycles. The molecule has 0 radical (unpaired) electrons. The molecule has 5 nitrogen and oxygen atoms in total. The lowest BCUT2D eigenvalue weighted by Crippen LogP contribution is -2.45. The van der Waals surface area contributed by atoms with E-state index in [0.717, 1.165) is 25.9 Å². The molecule has 0 atom stereocenters. The van der Waals surface area contributed by atoms with E-state index in [1.807, 2.05) is 0 Å². The second kappa shape index (κ2) is 7.55. The fraction of sp³-hybridized carbons (Fsp3) is 0.643. The minimum Gasteiger partial charge on any atom is -0.348 e. The van der Waals surface area contributed by atoms with Crippen molar-refractivity contribution >= 4 is 17.5 Å². The number of piperidine rings is 1. The Morgan fingerprint density at radius 2 is 2.15 bits per heavy atom. The van der Waals surface area contributed by atoms with E-state index in [4.69, 9.17) is 11.6 Å². The van der Waals surface area contributed by atoms with Crippen molar-refractivity contribution in [2.24, 2.45) is 0 Å². The molecular formula is C14H21ClN4O. The average molecular weight is 297 g/mol. The molecule has 0 spiro atoms. The number of aromatic nitrogens is 2. The van der Waals surface area contributed by atoms with Gasteiger partial charge in [0.05, 0.1) is 12.4 Å². The van der Waals surface area contributed by atoms with Gasteiger partial charge < -0.3 is 10.2 Å². The first kappa shape index (κ1) is 15.2. The maximum atomic E-state index is 12.0. The second-order valence-electron chi connectivity index (χ2n) is 5.17. The van der Waals surface area contributed by atoms with Crippen molar-refractivity contribution < 1.29 is 4.79 Å². The molecule has 1 aromatic heterocycles. The predicted molar refractivity (Wildman–Crippen MR) is 78.9 cm³/mol. The summed E-state index contributed by atoms with van der Waals surface area (Å²) in [6.07, 6.45) is 7.27. The lowest BCUT2D eigenvalue weighted by Gasteiger charge is -2.32. The average Bonchev–Trinajstić information content (AvgIpc) is 2.47. The summed E-state index contributed by atoms with van der Waals surface area (Å²) < 4.78 is 0. The predicted octanol–water partition coefficient (Wildman–Crippen LogP) is 2.12.